The lowest BCUT2D eigenvalue weighted by Gasteiger charge is -2.34. The number of nitrogens with zero attached hydrogens (tertiary/aromatic N) is 1. The first-order valence-corrected chi connectivity index (χ1v) is 11.4. The number of anilines is 1. The average molecular weight is 397 g/mol. The molecule has 2 aliphatic rings. The first kappa shape index (κ1) is 19.9. The van der Waals surface area contributed by atoms with Crippen LogP contribution in [0.2, 0.25) is 0 Å². The molecule has 2 aliphatic heterocycles. The summed E-state index contributed by atoms with van der Waals surface area (Å²) >= 11 is 0. The number of sulfone groups is 1. The molecule has 0 bridgehead atoms. The van der Waals surface area contributed by atoms with E-state index in [1.807, 2.05) is 32.0 Å². The molecule has 0 unspecified atom stereocenters. The number of amides is 1. The molecule has 8 heteroatoms. The Kier molecular flexibility index (Phi) is 5.95. The van der Waals surface area contributed by atoms with Crippen molar-refractivity contribution in [2.45, 2.75) is 25.8 Å². The smallest absolute Gasteiger partial charge is 0.275 e. The van der Waals surface area contributed by atoms with Crippen molar-refractivity contribution in [3.8, 4) is 5.75 Å². The van der Waals surface area contributed by atoms with Gasteiger partial charge in [0.1, 0.15) is 5.75 Å². The lowest BCUT2D eigenvalue weighted by atomic mass is 10.0. The van der Waals surface area contributed by atoms with Crippen LogP contribution in [0, 0.1) is 0 Å². The minimum Gasteiger partial charge on any atom is -0.492 e. The molecule has 0 saturated carbocycles. The van der Waals surface area contributed by atoms with Crippen LogP contribution in [-0.2, 0) is 14.6 Å². The second kappa shape index (κ2) is 8.06. The zero-order valence-electron chi connectivity index (χ0n) is 16.2. The third kappa shape index (κ3) is 5.13. The molecule has 2 N–H and O–H groups in total. The molecule has 0 radical (unpaired) electrons. The van der Waals surface area contributed by atoms with Gasteiger partial charge in [0.15, 0.2) is 16.4 Å². The van der Waals surface area contributed by atoms with E-state index in [2.05, 4.69) is 16.3 Å². The highest BCUT2D eigenvalue weighted by Gasteiger charge is 2.40. The van der Waals surface area contributed by atoms with Crippen LogP contribution in [0.25, 0.3) is 0 Å². The van der Waals surface area contributed by atoms with Gasteiger partial charge in [0, 0.05) is 0 Å². The minimum absolute atomic E-state index is 0.0447. The van der Waals surface area contributed by atoms with Crippen LogP contribution in [-0.4, -0.2) is 70.7 Å². The van der Waals surface area contributed by atoms with Gasteiger partial charge in [-0.25, -0.2) is 8.42 Å². The topological polar surface area (TPSA) is 80.2 Å². The van der Waals surface area contributed by atoms with Crippen LogP contribution < -0.4 is 19.9 Å². The maximum absolute atomic E-state index is 12.4. The first-order valence-electron chi connectivity index (χ1n) is 9.62. The monoisotopic (exact) mass is 396 g/mol. The summed E-state index contributed by atoms with van der Waals surface area (Å²) in [7, 11) is -3.02. The first-order chi connectivity index (χ1) is 12.8. The van der Waals surface area contributed by atoms with E-state index < -0.39 is 15.4 Å². The average Bonchev–Trinajstić information content (AvgIpc) is 2.89. The second-order valence-corrected chi connectivity index (χ2v) is 9.95. The van der Waals surface area contributed by atoms with Crippen molar-refractivity contribution in [3.63, 3.8) is 0 Å². The van der Waals surface area contributed by atoms with Gasteiger partial charge in [-0.3, -0.25) is 4.79 Å². The van der Waals surface area contributed by atoms with Crippen molar-refractivity contribution in [2.24, 2.45) is 0 Å². The number of quaternary nitrogens is 1. The summed E-state index contributed by atoms with van der Waals surface area (Å²) in [5, 5.41) is 2.95. The molecular formula is C19H30N3O4S+. The highest BCUT2D eigenvalue weighted by atomic mass is 32.2. The maximum Gasteiger partial charge on any atom is 0.275 e. The molecule has 0 aromatic heterocycles. The molecule has 1 aromatic carbocycles. The van der Waals surface area contributed by atoms with E-state index in [1.54, 1.807) is 0 Å². The third-order valence-electron chi connectivity index (χ3n) is 5.33. The largest absolute Gasteiger partial charge is 0.492 e. The molecule has 27 heavy (non-hydrogen) atoms. The number of ether oxygens (including phenoxy) is 1. The van der Waals surface area contributed by atoms with Crippen LogP contribution in [0.5, 0.6) is 5.75 Å². The number of hydrogen-bond donors (Lipinski definition) is 2. The van der Waals surface area contributed by atoms with E-state index in [1.165, 1.54) is 4.90 Å². The predicted octanol–water partition coefficient (Wildman–Crippen LogP) is -0.516. The number of para-hydroxylation sites is 2. The predicted molar refractivity (Wildman–Crippen MR) is 105 cm³/mol. The van der Waals surface area contributed by atoms with E-state index in [9.17, 15) is 13.2 Å². The Morgan fingerprint density at radius 2 is 2.00 bits per heavy atom. The van der Waals surface area contributed by atoms with E-state index in [0.717, 1.165) is 37.6 Å². The number of carbonyl (C=O) groups is 1. The lowest BCUT2D eigenvalue weighted by Crippen LogP contribution is -3.16. The van der Waals surface area contributed by atoms with Gasteiger partial charge in [-0.05, 0) is 32.4 Å². The number of piperazine rings is 1. The summed E-state index contributed by atoms with van der Waals surface area (Å²) in [5.74, 6) is 1.04. The number of hydrogen-bond acceptors (Lipinski definition) is 5. The van der Waals surface area contributed by atoms with Gasteiger partial charge in [-0.15, -0.1) is 0 Å². The quantitative estimate of drug-likeness (QED) is 0.677. The summed E-state index contributed by atoms with van der Waals surface area (Å²) in [6, 6.07) is 8.05. The fraction of sp³-hybridized carbons (Fsp3) is 0.632. The van der Waals surface area contributed by atoms with Gasteiger partial charge in [-0.1, -0.05) is 12.1 Å². The highest BCUT2D eigenvalue weighted by Crippen LogP contribution is 2.27. The zero-order chi connectivity index (χ0) is 19.5. The molecule has 1 atom stereocenters. The number of carbonyl (C=O) groups excluding carboxylic acids is 1. The fourth-order valence-electron chi connectivity index (χ4n) is 3.95. The standard InChI is InChI=1S/C19H29N3O4S/c1-3-26-17-7-5-4-6-16(17)22-11-9-21(10-12-22)14-18(23)20-19(2)8-13-27(24,25)15-19/h4-7H,3,8-15H2,1-2H3,(H,20,23)/p+1/t19-/m0/s1. The van der Waals surface area contributed by atoms with Crippen molar-refractivity contribution in [3.05, 3.63) is 24.3 Å². The Morgan fingerprint density at radius 3 is 2.63 bits per heavy atom. The van der Waals surface area contributed by atoms with E-state index >= 15 is 0 Å². The van der Waals surface area contributed by atoms with Crippen LogP contribution in [0.3, 0.4) is 0 Å². The number of benzene rings is 1. The van der Waals surface area contributed by atoms with Crippen LogP contribution in [0.1, 0.15) is 20.3 Å². The molecule has 2 heterocycles. The summed E-state index contributed by atoms with van der Waals surface area (Å²) in [6.07, 6.45) is 0.498. The number of rotatable bonds is 6. The molecular weight excluding hydrogens is 366 g/mol. The Bertz CT molecular complexity index is 775. The van der Waals surface area contributed by atoms with Crippen LogP contribution >= 0.6 is 0 Å². The molecule has 0 spiro atoms. The lowest BCUT2D eigenvalue weighted by molar-refractivity contribution is -0.892. The minimum atomic E-state index is -3.02. The molecule has 2 saturated heterocycles. The van der Waals surface area contributed by atoms with E-state index in [4.69, 9.17) is 4.74 Å². The zero-order valence-corrected chi connectivity index (χ0v) is 17.0. The molecule has 0 aliphatic carbocycles. The second-order valence-electron chi connectivity index (χ2n) is 7.77. The fourth-order valence-corrected chi connectivity index (χ4v) is 6.05. The van der Waals surface area contributed by atoms with Gasteiger partial charge in [0.05, 0.1) is 55.5 Å². The Hall–Kier alpha value is -1.80. The summed E-state index contributed by atoms with van der Waals surface area (Å²) in [4.78, 5) is 15.9. The van der Waals surface area contributed by atoms with Crippen molar-refractivity contribution in [1.29, 1.82) is 0 Å². The molecule has 150 valence electrons. The van der Waals surface area contributed by atoms with E-state index in [-0.39, 0.29) is 17.4 Å². The number of nitrogens with one attached hydrogen (secondary N) is 2. The van der Waals surface area contributed by atoms with Gasteiger partial charge < -0.3 is 19.9 Å². The Labute approximate surface area is 161 Å². The Morgan fingerprint density at radius 1 is 1.30 bits per heavy atom. The maximum atomic E-state index is 12.4. The molecule has 7 nitrogen and oxygen atoms in total. The van der Waals surface area contributed by atoms with Crippen LogP contribution in [0.4, 0.5) is 5.69 Å². The van der Waals surface area contributed by atoms with Crippen molar-refractivity contribution in [2.75, 3.05) is 55.7 Å². The SMILES string of the molecule is CCOc1ccccc1N1CC[NH+](CC(=O)N[C@@]2(C)CCS(=O)(=O)C2)CC1. The van der Waals surface area contributed by atoms with Crippen molar-refractivity contribution in [1.82, 2.24) is 5.32 Å². The van der Waals surface area contributed by atoms with Gasteiger partial charge >= 0.3 is 0 Å². The molecule has 2 fully saturated rings. The van der Waals surface area contributed by atoms with Gasteiger partial charge in [-0.2, -0.15) is 0 Å². The summed E-state index contributed by atoms with van der Waals surface area (Å²) in [6.45, 7) is 8.27. The normalized spacial score (nSPS) is 25.3. The van der Waals surface area contributed by atoms with Gasteiger partial charge in [0.25, 0.3) is 5.91 Å². The summed E-state index contributed by atoms with van der Waals surface area (Å²) in [5.41, 5.74) is 0.486. The van der Waals surface area contributed by atoms with Gasteiger partial charge in [0.2, 0.25) is 0 Å². The van der Waals surface area contributed by atoms with Crippen molar-refractivity contribution < 1.29 is 22.8 Å². The summed E-state index contributed by atoms with van der Waals surface area (Å²) < 4.78 is 29.1. The third-order valence-corrected chi connectivity index (χ3v) is 7.23. The highest BCUT2D eigenvalue weighted by molar-refractivity contribution is 7.91. The Balaban J connectivity index is 1.51. The van der Waals surface area contributed by atoms with E-state index in [0.29, 0.717) is 19.6 Å². The van der Waals surface area contributed by atoms with Crippen LogP contribution in [0.15, 0.2) is 24.3 Å². The molecule has 1 aromatic rings. The molecule has 3 rings (SSSR count). The van der Waals surface area contributed by atoms with Crippen molar-refractivity contribution >= 4 is 21.4 Å². The molecule has 1 amide bonds.